The minimum atomic E-state index is -0.513. The maximum Gasteiger partial charge on any atom is 0.130 e. The summed E-state index contributed by atoms with van der Waals surface area (Å²) in [5.41, 5.74) is 2.33. The fourth-order valence-corrected chi connectivity index (χ4v) is 2.54. The predicted molar refractivity (Wildman–Crippen MR) is 66.7 cm³/mol. The molecule has 2 N–H and O–H groups in total. The lowest BCUT2D eigenvalue weighted by Crippen LogP contribution is -2.41. The van der Waals surface area contributed by atoms with Crippen molar-refractivity contribution in [2.24, 2.45) is 0 Å². The van der Waals surface area contributed by atoms with Crippen molar-refractivity contribution in [2.75, 3.05) is 6.61 Å². The van der Waals surface area contributed by atoms with Crippen LogP contribution in [0, 0.1) is 13.8 Å². The molecule has 0 spiro atoms. The van der Waals surface area contributed by atoms with Gasteiger partial charge in [0.1, 0.15) is 17.1 Å². The Balaban J connectivity index is 2.57. The molecule has 2 unspecified atom stereocenters. The van der Waals surface area contributed by atoms with Crippen molar-refractivity contribution in [2.45, 2.75) is 45.6 Å². The third-order valence-electron chi connectivity index (χ3n) is 3.79. The van der Waals surface area contributed by atoms with E-state index in [-0.39, 0.29) is 12.5 Å². The van der Waals surface area contributed by atoms with Crippen LogP contribution in [0.25, 0.3) is 0 Å². The predicted octanol–water partition coefficient (Wildman–Crippen LogP) is 2.65. The number of phenolic OH excluding ortho intramolecular Hbond substituents is 1. The minimum absolute atomic E-state index is 0.0101. The largest absolute Gasteiger partial charge is 0.508 e. The van der Waals surface area contributed by atoms with Crippen molar-refractivity contribution in [3.8, 4) is 11.5 Å². The van der Waals surface area contributed by atoms with E-state index >= 15 is 0 Å². The number of ether oxygens (including phenoxy) is 1. The molecule has 17 heavy (non-hydrogen) atoms. The van der Waals surface area contributed by atoms with Gasteiger partial charge in [-0.25, -0.2) is 0 Å². The molecule has 2 atom stereocenters. The monoisotopic (exact) mass is 236 g/mol. The molecule has 3 nitrogen and oxygen atoms in total. The van der Waals surface area contributed by atoms with E-state index in [1.165, 1.54) is 0 Å². The summed E-state index contributed by atoms with van der Waals surface area (Å²) in [5, 5.41) is 19.3. The van der Waals surface area contributed by atoms with Gasteiger partial charge in [0.25, 0.3) is 0 Å². The van der Waals surface area contributed by atoms with Gasteiger partial charge in [-0.05, 0) is 50.3 Å². The SMILES string of the molecule is Cc1c(O)cc2c(c1C)OC(C)(CO)CC2C. The number of hydrogen-bond acceptors (Lipinski definition) is 3. The quantitative estimate of drug-likeness (QED) is 0.788. The molecule has 0 aliphatic carbocycles. The number of rotatable bonds is 1. The van der Waals surface area contributed by atoms with Crippen molar-refractivity contribution in [1.82, 2.24) is 0 Å². The lowest BCUT2D eigenvalue weighted by atomic mass is 9.83. The number of benzene rings is 1. The van der Waals surface area contributed by atoms with Crippen LogP contribution in [0.5, 0.6) is 11.5 Å². The van der Waals surface area contributed by atoms with Crippen molar-refractivity contribution >= 4 is 0 Å². The van der Waals surface area contributed by atoms with Crippen molar-refractivity contribution in [3.05, 3.63) is 22.8 Å². The summed E-state index contributed by atoms with van der Waals surface area (Å²) in [7, 11) is 0. The highest BCUT2D eigenvalue weighted by Gasteiger charge is 2.36. The topological polar surface area (TPSA) is 49.7 Å². The lowest BCUT2D eigenvalue weighted by Gasteiger charge is -2.39. The number of aromatic hydroxyl groups is 1. The number of hydrogen-bond donors (Lipinski definition) is 2. The molecule has 1 aliphatic heterocycles. The van der Waals surface area contributed by atoms with Crippen LogP contribution in [0.2, 0.25) is 0 Å². The molecule has 0 saturated heterocycles. The zero-order valence-electron chi connectivity index (χ0n) is 10.9. The molecule has 0 saturated carbocycles. The second kappa shape index (κ2) is 3.91. The Morgan fingerprint density at radius 3 is 2.65 bits per heavy atom. The lowest BCUT2D eigenvalue weighted by molar-refractivity contribution is 0.000593. The molecule has 2 rings (SSSR count). The molecular weight excluding hydrogens is 216 g/mol. The molecule has 0 bridgehead atoms. The van der Waals surface area contributed by atoms with Crippen LogP contribution in [0.15, 0.2) is 6.07 Å². The second-order valence-corrected chi connectivity index (χ2v) is 5.38. The highest BCUT2D eigenvalue weighted by Crippen LogP contribution is 2.45. The highest BCUT2D eigenvalue weighted by atomic mass is 16.5. The van der Waals surface area contributed by atoms with Crippen LogP contribution in [-0.2, 0) is 0 Å². The highest BCUT2D eigenvalue weighted by molar-refractivity contribution is 5.54. The normalized spacial score (nSPS) is 27.5. The number of aliphatic hydroxyl groups excluding tert-OH is 1. The third kappa shape index (κ3) is 1.89. The molecule has 1 heterocycles. The molecule has 1 aromatic rings. The van der Waals surface area contributed by atoms with Gasteiger partial charge in [-0.3, -0.25) is 0 Å². The standard InChI is InChI=1S/C14H20O3/c1-8-6-14(4,7-15)17-13-10(3)9(2)12(16)5-11(8)13/h5,8,15-16H,6-7H2,1-4H3. The van der Waals surface area contributed by atoms with Crippen LogP contribution in [0.4, 0.5) is 0 Å². The fourth-order valence-electron chi connectivity index (χ4n) is 2.54. The maximum absolute atomic E-state index is 9.86. The van der Waals surface area contributed by atoms with E-state index in [2.05, 4.69) is 6.92 Å². The molecule has 94 valence electrons. The Hall–Kier alpha value is -1.22. The van der Waals surface area contributed by atoms with Gasteiger partial charge in [-0.2, -0.15) is 0 Å². The van der Waals surface area contributed by atoms with Crippen molar-refractivity contribution in [3.63, 3.8) is 0 Å². The minimum Gasteiger partial charge on any atom is -0.508 e. The van der Waals surface area contributed by atoms with Crippen LogP contribution < -0.4 is 4.74 Å². The number of fused-ring (bicyclic) bond motifs is 1. The Labute approximate surface area is 102 Å². The molecule has 0 fully saturated rings. The van der Waals surface area contributed by atoms with Gasteiger partial charge in [-0.1, -0.05) is 6.92 Å². The molecule has 3 heteroatoms. The Morgan fingerprint density at radius 1 is 1.41 bits per heavy atom. The van der Waals surface area contributed by atoms with E-state index in [0.717, 1.165) is 28.9 Å². The van der Waals surface area contributed by atoms with Crippen LogP contribution >= 0.6 is 0 Å². The summed E-state index contributed by atoms with van der Waals surface area (Å²) < 4.78 is 5.94. The van der Waals surface area contributed by atoms with Gasteiger partial charge in [0.15, 0.2) is 0 Å². The van der Waals surface area contributed by atoms with Gasteiger partial charge in [0, 0.05) is 5.56 Å². The molecule has 0 radical (unpaired) electrons. The Kier molecular flexibility index (Phi) is 2.82. The first-order valence-corrected chi connectivity index (χ1v) is 6.01. The second-order valence-electron chi connectivity index (χ2n) is 5.38. The van der Waals surface area contributed by atoms with Gasteiger partial charge in [0.05, 0.1) is 6.61 Å². The zero-order valence-corrected chi connectivity index (χ0v) is 10.9. The van der Waals surface area contributed by atoms with Gasteiger partial charge < -0.3 is 14.9 Å². The van der Waals surface area contributed by atoms with Crippen molar-refractivity contribution < 1.29 is 14.9 Å². The third-order valence-corrected chi connectivity index (χ3v) is 3.79. The summed E-state index contributed by atoms with van der Waals surface area (Å²) in [6.45, 7) is 7.86. The first-order valence-electron chi connectivity index (χ1n) is 6.01. The Bertz CT molecular complexity index is 453. The van der Waals surface area contributed by atoms with Crippen molar-refractivity contribution in [1.29, 1.82) is 0 Å². The maximum atomic E-state index is 9.86. The summed E-state index contributed by atoms with van der Waals surface area (Å²) in [5.74, 6) is 1.43. The van der Waals surface area contributed by atoms with Gasteiger partial charge in [-0.15, -0.1) is 0 Å². The van der Waals surface area contributed by atoms with E-state index in [1.54, 1.807) is 6.07 Å². The van der Waals surface area contributed by atoms with E-state index in [4.69, 9.17) is 4.74 Å². The zero-order chi connectivity index (χ0) is 12.8. The molecule has 1 aliphatic rings. The number of aliphatic hydroxyl groups is 1. The van der Waals surface area contributed by atoms with Gasteiger partial charge >= 0.3 is 0 Å². The fraction of sp³-hybridized carbons (Fsp3) is 0.571. The first-order chi connectivity index (χ1) is 7.88. The summed E-state index contributed by atoms with van der Waals surface area (Å²) in [6.07, 6.45) is 0.762. The summed E-state index contributed by atoms with van der Waals surface area (Å²) >= 11 is 0. The first kappa shape index (κ1) is 12.2. The molecule has 0 aromatic heterocycles. The average Bonchev–Trinajstić information content (AvgIpc) is 2.28. The molecular formula is C14H20O3. The van der Waals surface area contributed by atoms with E-state index < -0.39 is 5.60 Å². The van der Waals surface area contributed by atoms with E-state index in [1.807, 2.05) is 20.8 Å². The average molecular weight is 236 g/mol. The molecule has 1 aromatic carbocycles. The van der Waals surface area contributed by atoms with Crippen LogP contribution in [0.1, 0.15) is 42.9 Å². The van der Waals surface area contributed by atoms with Gasteiger partial charge in [0.2, 0.25) is 0 Å². The molecule has 0 amide bonds. The smallest absolute Gasteiger partial charge is 0.130 e. The summed E-state index contributed by atoms with van der Waals surface area (Å²) in [6, 6.07) is 1.79. The number of phenols is 1. The van der Waals surface area contributed by atoms with E-state index in [9.17, 15) is 10.2 Å². The summed E-state index contributed by atoms with van der Waals surface area (Å²) in [4.78, 5) is 0. The van der Waals surface area contributed by atoms with E-state index in [0.29, 0.717) is 5.75 Å². The Morgan fingerprint density at radius 2 is 2.06 bits per heavy atom. The van der Waals surface area contributed by atoms with Crippen LogP contribution in [0.3, 0.4) is 0 Å². The van der Waals surface area contributed by atoms with Crippen LogP contribution in [-0.4, -0.2) is 22.4 Å².